The normalized spacial score (nSPS) is 14.4. The van der Waals surface area contributed by atoms with Crippen molar-refractivity contribution >= 4 is 46.2 Å². The van der Waals surface area contributed by atoms with Crippen molar-refractivity contribution in [2.45, 2.75) is 25.7 Å². The van der Waals surface area contributed by atoms with Crippen LogP contribution in [-0.4, -0.2) is 34.9 Å². The first-order valence-corrected chi connectivity index (χ1v) is 9.97. The highest BCUT2D eigenvalue weighted by atomic mass is 32.1. The van der Waals surface area contributed by atoms with E-state index in [1.807, 2.05) is 16.3 Å². The smallest absolute Gasteiger partial charge is 0.267 e. The molecule has 5 nitrogen and oxygen atoms in total. The number of amides is 2. The van der Waals surface area contributed by atoms with Crippen molar-refractivity contribution in [3.05, 3.63) is 52.2 Å². The van der Waals surface area contributed by atoms with Crippen molar-refractivity contribution in [3.63, 3.8) is 0 Å². The van der Waals surface area contributed by atoms with Crippen LogP contribution in [0.25, 0.3) is 0 Å². The van der Waals surface area contributed by atoms with Crippen LogP contribution in [0.3, 0.4) is 0 Å². The summed E-state index contributed by atoms with van der Waals surface area (Å²) in [5.74, 6) is -0.155. The van der Waals surface area contributed by atoms with E-state index in [0.29, 0.717) is 10.4 Å². The average Bonchev–Trinajstić information content (AvgIpc) is 3.05. The van der Waals surface area contributed by atoms with E-state index in [1.165, 1.54) is 24.2 Å². The van der Waals surface area contributed by atoms with Crippen LogP contribution >= 0.6 is 23.6 Å². The van der Waals surface area contributed by atoms with Crippen molar-refractivity contribution < 1.29 is 9.59 Å². The van der Waals surface area contributed by atoms with Crippen LogP contribution in [0.2, 0.25) is 0 Å². The third kappa shape index (κ3) is 4.89. The second-order valence-corrected chi connectivity index (χ2v) is 7.53. The summed E-state index contributed by atoms with van der Waals surface area (Å²) < 4.78 is 0. The molecular formula is C19H21N3O2S2. The summed E-state index contributed by atoms with van der Waals surface area (Å²) in [5.41, 5.74) is 1.40. The molecule has 26 heavy (non-hydrogen) atoms. The summed E-state index contributed by atoms with van der Waals surface area (Å²) in [4.78, 5) is 27.1. The summed E-state index contributed by atoms with van der Waals surface area (Å²) in [6.45, 7) is 1.66. The van der Waals surface area contributed by atoms with Gasteiger partial charge in [-0.15, -0.1) is 11.3 Å². The third-order valence-electron chi connectivity index (χ3n) is 4.26. The van der Waals surface area contributed by atoms with Gasteiger partial charge in [0.2, 0.25) is 0 Å². The number of rotatable bonds is 3. The highest BCUT2D eigenvalue weighted by Gasteiger charge is 2.17. The molecule has 2 heterocycles. The maximum absolute atomic E-state index is 12.6. The van der Waals surface area contributed by atoms with Crippen molar-refractivity contribution in [2.24, 2.45) is 0 Å². The van der Waals surface area contributed by atoms with Crippen LogP contribution in [-0.2, 0) is 0 Å². The zero-order valence-electron chi connectivity index (χ0n) is 14.4. The largest absolute Gasteiger partial charge is 0.339 e. The van der Waals surface area contributed by atoms with E-state index in [0.717, 1.165) is 31.6 Å². The van der Waals surface area contributed by atoms with Gasteiger partial charge in [0.25, 0.3) is 11.8 Å². The van der Waals surface area contributed by atoms with E-state index >= 15 is 0 Å². The Labute approximate surface area is 162 Å². The molecule has 3 rings (SSSR count). The fourth-order valence-corrected chi connectivity index (χ4v) is 3.72. The second-order valence-electron chi connectivity index (χ2n) is 6.17. The predicted molar refractivity (Wildman–Crippen MR) is 109 cm³/mol. The lowest BCUT2D eigenvalue weighted by Crippen LogP contribution is -2.33. The fraction of sp³-hybridized carbons (Fsp3) is 0.316. The number of benzene rings is 1. The van der Waals surface area contributed by atoms with Crippen molar-refractivity contribution in [3.8, 4) is 0 Å². The lowest BCUT2D eigenvalue weighted by Gasteiger charge is -2.20. The Kier molecular flexibility index (Phi) is 6.35. The Hall–Kier alpha value is -2.25. The number of likely N-dealkylation sites (tertiary alicyclic amines) is 1. The Morgan fingerprint density at radius 1 is 1.00 bits per heavy atom. The molecule has 0 atom stereocenters. The molecule has 0 saturated carbocycles. The number of thiocarbonyl (C=S) groups is 1. The standard InChI is InChI=1S/C19H21N3O2S2/c23-17(16-6-5-13-26-16)21-19(25)20-15-9-7-14(8-10-15)18(24)22-11-3-1-2-4-12-22/h5-10,13H,1-4,11-12H2,(H2,20,21,23,25). The van der Waals surface area contributed by atoms with Gasteiger partial charge in [-0.25, -0.2) is 0 Å². The van der Waals surface area contributed by atoms with Gasteiger partial charge in [0.1, 0.15) is 0 Å². The van der Waals surface area contributed by atoms with E-state index in [-0.39, 0.29) is 16.9 Å². The van der Waals surface area contributed by atoms with E-state index in [2.05, 4.69) is 10.6 Å². The first-order chi connectivity index (χ1) is 12.6. The number of thiophene rings is 1. The number of anilines is 1. The molecule has 0 aliphatic carbocycles. The third-order valence-corrected chi connectivity index (χ3v) is 5.33. The summed E-state index contributed by atoms with van der Waals surface area (Å²) in [7, 11) is 0. The van der Waals surface area contributed by atoms with Crippen LogP contribution in [0.4, 0.5) is 5.69 Å². The number of nitrogens with one attached hydrogen (secondary N) is 2. The molecule has 1 aromatic heterocycles. The molecule has 2 amide bonds. The number of carbonyl (C=O) groups is 2. The molecule has 0 radical (unpaired) electrons. The Balaban J connectivity index is 1.56. The molecule has 7 heteroatoms. The highest BCUT2D eigenvalue weighted by Crippen LogP contribution is 2.16. The van der Waals surface area contributed by atoms with Crippen LogP contribution < -0.4 is 10.6 Å². The van der Waals surface area contributed by atoms with E-state index in [9.17, 15) is 9.59 Å². The number of hydrogen-bond acceptors (Lipinski definition) is 4. The van der Waals surface area contributed by atoms with E-state index in [4.69, 9.17) is 12.2 Å². The topological polar surface area (TPSA) is 61.4 Å². The molecule has 2 aromatic rings. The molecule has 1 aliphatic heterocycles. The monoisotopic (exact) mass is 387 g/mol. The predicted octanol–water partition coefficient (Wildman–Crippen LogP) is 3.89. The molecular weight excluding hydrogens is 366 g/mol. The van der Waals surface area contributed by atoms with Gasteiger partial charge >= 0.3 is 0 Å². The molecule has 1 aliphatic rings. The summed E-state index contributed by atoms with van der Waals surface area (Å²) in [5, 5.41) is 7.68. The molecule has 1 aromatic carbocycles. The van der Waals surface area contributed by atoms with Crippen LogP contribution in [0, 0.1) is 0 Å². The lowest BCUT2D eigenvalue weighted by atomic mass is 10.1. The van der Waals surface area contributed by atoms with Crippen molar-refractivity contribution in [1.29, 1.82) is 0 Å². The highest BCUT2D eigenvalue weighted by molar-refractivity contribution is 7.80. The summed E-state index contributed by atoms with van der Waals surface area (Å²) in [6.07, 6.45) is 4.54. The molecule has 0 unspecified atom stereocenters. The minimum absolute atomic E-state index is 0.0759. The zero-order valence-corrected chi connectivity index (χ0v) is 16.0. The Bertz CT molecular complexity index is 765. The maximum atomic E-state index is 12.6. The van der Waals surface area contributed by atoms with E-state index in [1.54, 1.807) is 30.3 Å². The van der Waals surface area contributed by atoms with Gasteiger partial charge in [0, 0.05) is 24.3 Å². The van der Waals surface area contributed by atoms with Gasteiger partial charge < -0.3 is 10.2 Å². The molecule has 1 saturated heterocycles. The van der Waals surface area contributed by atoms with Gasteiger partial charge in [-0.05, 0) is 60.8 Å². The maximum Gasteiger partial charge on any atom is 0.267 e. The van der Waals surface area contributed by atoms with Gasteiger partial charge in [-0.3, -0.25) is 14.9 Å². The van der Waals surface area contributed by atoms with E-state index < -0.39 is 0 Å². The quantitative estimate of drug-likeness (QED) is 0.785. The van der Waals surface area contributed by atoms with Gasteiger partial charge in [-0.2, -0.15) is 0 Å². The van der Waals surface area contributed by atoms with Gasteiger partial charge in [0.15, 0.2) is 5.11 Å². The lowest BCUT2D eigenvalue weighted by molar-refractivity contribution is 0.0761. The second kappa shape index (κ2) is 8.91. The van der Waals surface area contributed by atoms with Crippen LogP contribution in [0.5, 0.6) is 0 Å². The van der Waals surface area contributed by atoms with Gasteiger partial charge in [-0.1, -0.05) is 18.9 Å². The molecule has 0 spiro atoms. The molecule has 1 fully saturated rings. The number of carbonyl (C=O) groups excluding carboxylic acids is 2. The SMILES string of the molecule is O=C(NC(=S)Nc1ccc(C(=O)N2CCCCCC2)cc1)c1cccs1. The van der Waals surface area contributed by atoms with Crippen molar-refractivity contribution in [1.82, 2.24) is 10.2 Å². The fourth-order valence-electron chi connectivity index (χ4n) is 2.89. The summed E-state index contributed by atoms with van der Waals surface area (Å²) >= 11 is 6.53. The molecule has 2 N–H and O–H groups in total. The Morgan fingerprint density at radius 2 is 1.69 bits per heavy atom. The average molecular weight is 388 g/mol. The number of hydrogen-bond donors (Lipinski definition) is 2. The van der Waals surface area contributed by atoms with Crippen molar-refractivity contribution in [2.75, 3.05) is 18.4 Å². The first-order valence-electron chi connectivity index (χ1n) is 8.68. The van der Waals surface area contributed by atoms with Crippen LogP contribution in [0.1, 0.15) is 45.7 Å². The van der Waals surface area contributed by atoms with Crippen LogP contribution in [0.15, 0.2) is 41.8 Å². The minimum atomic E-state index is -0.231. The number of nitrogens with zero attached hydrogens (tertiary/aromatic N) is 1. The molecule has 136 valence electrons. The van der Waals surface area contributed by atoms with Gasteiger partial charge in [0.05, 0.1) is 4.88 Å². The first kappa shape index (κ1) is 18.5. The molecule has 0 bridgehead atoms. The zero-order chi connectivity index (χ0) is 18.4. The summed E-state index contributed by atoms with van der Waals surface area (Å²) in [6, 6.07) is 10.7. The Morgan fingerprint density at radius 3 is 2.31 bits per heavy atom. The minimum Gasteiger partial charge on any atom is -0.339 e.